The molecule has 120 valence electrons. The number of nitrogens with one attached hydrogen (secondary N) is 2. The number of carbonyl (C=O) groups excluding carboxylic acids is 1. The molecule has 1 aromatic carbocycles. The van der Waals surface area contributed by atoms with E-state index in [-0.39, 0.29) is 17.8 Å². The number of ether oxygens (including phenoxy) is 1. The highest BCUT2D eigenvalue weighted by molar-refractivity contribution is 5.92. The lowest BCUT2D eigenvalue weighted by Gasteiger charge is -2.11. The van der Waals surface area contributed by atoms with Crippen LogP contribution >= 0.6 is 0 Å². The first kappa shape index (κ1) is 15.4. The number of halogens is 1. The van der Waals surface area contributed by atoms with Crippen LogP contribution in [0.2, 0.25) is 0 Å². The monoisotopic (exact) mass is 315 g/mol. The molecule has 2 N–H and O–H groups in total. The van der Waals surface area contributed by atoms with Gasteiger partial charge in [0, 0.05) is 18.8 Å². The zero-order valence-corrected chi connectivity index (χ0v) is 12.6. The van der Waals surface area contributed by atoms with Crippen molar-refractivity contribution in [3.8, 4) is 0 Å². The van der Waals surface area contributed by atoms with Gasteiger partial charge >= 0.3 is 0 Å². The van der Waals surface area contributed by atoms with Crippen molar-refractivity contribution in [2.75, 3.05) is 18.5 Å². The molecule has 0 radical (unpaired) electrons. The molecule has 1 unspecified atom stereocenters. The van der Waals surface area contributed by atoms with Gasteiger partial charge in [0.1, 0.15) is 11.5 Å². The average molecular weight is 315 g/mol. The van der Waals surface area contributed by atoms with Gasteiger partial charge in [0.15, 0.2) is 0 Å². The van der Waals surface area contributed by atoms with Crippen molar-refractivity contribution >= 4 is 17.3 Å². The highest BCUT2D eigenvalue weighted by atomic mass is 19.1. The summed E-state index contributed by atoms with van der Waals surface area (Å²) in [4.78, 5) is 16.2. The van der Waals surface area contributed by atoms with E-state index < -0.39 is 0 Å². The molecule has 1 aliphatic heterocycles. The Kier molecular flexibility index (Phi) is 4.83. The van der Waals surface area contributed by atoms with Crippen LogP contribution in [0.4, 0.5) is 15.8 Å². The van der Waals surface area contributed by atoms with Gasteiger partial charge in [-0.3, -0.25) is 4.79 Å². The van der Waals surface area contributed by atoms with Crippen molar-refractivity contribution in [3.05, 3.63) is 54.1 Å². The molecule has 2 aromatic rings. The lowest BCUT2D eigenvalue weighted by Crippen LogP contribution is -2.32. The summed E-state index contributed by atoms with van der Waals surface area (Å²) in [5, 5.41) is 5.92. The summed E-state index contributed by atoms with van der Waals surface area (Å²) in [7, 11) is 0. The molecule has 5 nitrogen and oxygen atoms in total. The summed E-state index contributed by atoms with van der Waals surface area (Å²) in [5.41, 5.74) is 1.84. The van der Waals surface area contributed by atoms with E-state index in [1.807, 2.05) is 0 Å². The zero-order chi connectivity index (χ0) is 16.1. The molecule has 0 aliphatic carbocycles. The van der Waals surface area contributed by atoms with E-state index in [1.54, 1.807) is 30.5 Å². The van der Waals surface area contributed by atoms with Crippen LogP contribution in [-0.2, 0) is 4.74 Å². The molecule has 1 aromatic heterocycles. The quantitative estimate of drug-likeness (QED) is 0.890. The van der Waals surface area contributed by atoms with E-state index in [2.05, 4.69) is 15.6 Å². The number of rotatable bonds is 5. The second kappa shape index (κ2) is 7.19. The second-order valence-electron chi connectivity index (χ2n) is 5.41. The lowest BCUT2D eigenvalue weighted by atomic mass is 10.2. The van der Waals surface area contributed by atoms with Crippen molar-refractivity contribution in [1.82, 2.24) is 10.3 Å². The molecule has 0 bridgehead atoms. The predicted molar refractivity (Wildman–Crippen MR) is 85.2 cm³/mol. The first-order chi connectivity index (χ1) is 11.2. The van der Waals surface area contributed by atoms with Crippen LogP contribution in [0.3, 0.4) is 0 Å². The number of nitrogens with zero attached hydrogens (tertiary/aromatic N) is 1. The first-order valence-electron chi connectivity index (χ1n) is 7.59. The van der Waals surface area contributed by atoms with Gasteiger partial charge < -0.3 is 15.4 Å². The molecule has 23 heavy (non-hydrogen) atoms. The zero-order valence-electron chi connectivity index (χ0n) is 12.6. The van der Waals surface area contributed by atoms with Gasteiger partial charge in [-0.1, -0.05) is 0 Å². The van der Waals surface area contributed by atoms with Crippen LogP contribution in [0.15, 0.2) is 42.6 Å². The van der Waals surface area contributed by atoms with Crippen LogP contribution in [-0.4, -0.2) is 30.1 Å². The number of aromatic nitrogens is 1. The fourth-order valence-corrected chi connectivity index (χ4v) is 2.40. The molecule has 0 saturated carbocycles. The molecule has 3 rings (SSSR count). The maximum absolute atomic E-state index is 12.9. The normalized spacial score (nSPS) is 17.0. The van der Waals surface area contributed by atoms with E-state index in [1.165, 1.54) is 12.1 Å². The van der Waals surface area contributed by atoms with Crippen LogP contribution in [0.1, 0.15) is 23.3 Å². The highest BCUT2D eigenvalue weighted by Crippen LogP contribution is 2.16. The number of hydrogen-bond acceptors (Lipinski definition) is 4. The Morgan fingerprint density at radius 2 is 2.00 bits per heavy atom. The van der Waals surface area contributed by atoms with Crippen LogP contribution in [0.25, 0.3) is 0 Å². The van der Waals surface area contributed by atoms with Crippen LogP contribution in [0.5, 0.6) is 0 Å². The summed E-state index contributed by atoms with van der Waals surface area (Å²) < 4.78 is 18.3. The average Bonchev–Trinajstić information content (AvgIpc) is 3.09. The van der Waals surface area contributed by atoms with Crippen molar-refractivity contribution in [3.63, 3.8) is 0 Å². The largest absolute Gasteiger partial charge is 0.376 e. The van der Waals surface area contributed by atoms with Gasteiger partial charge in [0.05, 0.1) is 18.0 Å². The number of pyridine rings is 1. The fourth-order valence-electron chi connectivity index (χ4n) is 2.40. The lowest BCUT2D eigenvalue weighted by molar-refractivity contribution is 0.0854. The number of amides is 1. The third kappa shape index (κ3) is 4.26. The topological polar surface area (TPSA) is 63.2 Å². The predicted octanol–water partition coefficient (Wildman–Crippen LogP) is 2.87. The van der Waals surface area contributed by atoms with E-state index in [9.17, 15) is 9.18 Å². The van der Waals surface area contributed by atoms with E-state index in [0.717, 1.165) is 30.8 Å². The van der Waals surface area contributed by atoms with Gasteiger partial charge in [-0.2, -0.15) is 0 Å². The van der Waals surface area contributed by atoms with Gasteiger partial charge in [-0.05, 0) is 49.2 Å². The summed E-state index contributed by atoms with van der Waals surface area (Å²) in [5.74, 6) is -0.499. The van der Waals surface area contributed by atoms with Gasteiger partial charge in [-0.25, -0.2) is 9.37 Å². The standard InChI is InChI=1S/C17H18FN3O2/c18-12-3-5-13(6-4-12)21-14-7-8-16(19-10-14)17(22)20-11-15-2-1-9-23-15/h3-8,10,15,21H,1-2,9,11H2,(H,20,22). The van der Waals surface area contributed by atoms with E-state index >= 15 is 0 Å². The minimum absolute atomic E-state index is 0.110. The maximum atomic E-state index is 12.9. The maximum Gasteiger partial charge on any atom is 0.269 e. The summed E-state index contributed by atoms with van der Waals surface area (Å²) in [6.45, 7) is 1.28. The molecule has 1 fully saturated rings. The molecule has 6 heteroatoms. The SMILES string of the molecule is O=C(NCC1CCCO1)c1ccc(Nc2ccc(F)cc2)cn1. The van der Waals surface area contributed by atoms with Crippen molar-refractivity contribution < 1.29 is 13.9 Å². The Morgan fingerprint density at radius 3 is 2.65 bits per heavy atom. The van der Waals surface area contributed by atoms with E-state index in [0.29, 0.717) is 12.2 Å². The Balaban J connectivity index is 1.55. The van der Waals surface area contributed by atoms with E-state index in [4.69, 9.17) is 4.74 Å². The molecule has 0 spiro atoms. The number of anilines is 2. The van der Waals surface area contributed by atoms with Crippen molar-refractivity contribution in [1.29, 1.82) is 0 Å². The Labute approximate surface area is 133 Å². The molecule has 2 heterocycles. The number of carbonyl (C=O) groups is 1. The molecule has 1 saturated heterocycles. The first-order valence-corrected chi connectivity index (χ1v) is 7.59. The van der Waals surface area contributed by atoms with Crippen LogP contribution in [0, 0.1) is 5.82 Å². The van der Waals surface area contributed by atoms with Gasteiger partial charge in [0.2, 0.25) is 0 Å². The smallest absolute Gasteiger partial charge is 0.269 e. The summed E-state index contributed by atoms with van der Waals surface area (Å²) in [6.07, 6.45) is 3.71. The number of hydrogen-bond donors (Lipinski definition) is 2. The Bertz CT molecular complexity index is 653. The minimum atomic E-state index is -0.285. The molecule has 1 atom stereocenters. The van der Waals surface area contributed by atoms with Gasteiger partial charge in [0.25, 0.3) is 5.91 Å². The fraction of sp³-hybridized carbons (Fsp3) is 0.294. The van der Waals surface area contributed by atoms with Gasteiger partial charge in [-0.15, -0.1) is 0 Å². The number of benzene rings is 1. The second-order valence-corrected chi connectivity index (χ2v) is 5.41. The Hall–Kier alpha value is -2.47. The summed E-state index contributed by atoms with van der Waals surface area (Å²) >= 11 is 0. The Morgan fingerprint density at radius 1 is 1.22 bits per heavy atom. The molecule has 1 aliphatic rings. The third-order valence-corrected chi connectivity index (χ3v) is 3.64. The third-order valence-electron chi connectivity index (χ3n) is 3.64. The molecule has 1 amide bonds. The molecular weight excluding hydrogens is 297 g/mol. The van der Waals surface area contributed by atoms with Crippen molar-refractivity contribution in [2.45, 2.75) is 18.9 Å². The van der Waals surface area contributed by atoms with Crippen molar-refractivity contribution in [2.24, 2.45) is 0 Å². The minimum Gasteiger partial charge on any atom is -0.376 e. The van der Waals surface area contributed by atoms with Crippen LogP contribution < -0.4 is 10.6 Å². The highest BCUT2D eigenvalue weighted by Gasteiger charge is 2.17. The summed E-state index contributed by atoms with van der Waals surface area (Å²) in [6, 6.07) is 9.44. The molecular formula is C17H18FN3O2.